The Bertz CT molecular complexity index is 327. The van der Waals surface area contributed by atoms with E-state index in [0.717, 1.165) is 6.42 Å². The first-order valence-electron chi connectivity index (χ1n) is 5.71. The fourth-order valence-corrected chi connectivity index (χ4v) is 1.84. The van der Waals surface area contributed by atoms with Crippen LogP contribution in [0.5, 0.6) is 0 Å². The molecule has 0 spiro atoms. The molecule has 0 heterocycles. The minimum absolute atomic E-state index is 0.0317. The molecule has 0 aliphatic heterocycles. The van der Waals surface area contributed by atoms with Gasteiger partial charge in [0.15, 0.2) is 5.78 Å². The number of aliphatic hydroxyl groups is 2. The van der Waals surface area contributed by atoms with E-state index in [1.54, 1.807) is 6.92 Å². The molecule has 0 fully saturated rings. The van der Waals surface area contributed by atoms with Gasteiger partial charge < -0.3 is 10.2 Å². The zero-order chi connectivity index (χ0) is 12.1. The lowest BCUT2D eigenvalue weighted by molar-refractivity contribution is -0.115. The molecule has 0 aromatic heterocycles. The number of hydrogen-bond donors (Lipinski definition) is 2. The predicted octanol–water partition coefficient (Wildman–Crippen LogP) is 1.78. The summed E-state index contributed by atoms with van der Waals surface area (Å²) in [6.45, 7) is 3.61. The summed E-state index contributed by atoms with van der Waals surface area (Å²) in [5, 5.41) is 18.7. The van der Waals surface area contributed by atoms with E-state index in [-0.39, 0.29) is 24.2 Å². The van der Waals surface area contributed by atoms with E-state index in [9.17, 15) is 9.90 Å². The van der Waals surface area contributed by atoms with Crippen LogP contribution in [0.15, 0.2) is 16.3 Å². The van der Waals surface area contributed by atoms with Crippen molar-refractivity contribution in [3.8, 4) is 0 Å². The molecule has 4 heteroatoms. The fraction of sp³-hybridized carbons (Fsp3) is 0.667. The Morgan fingerprint density at radius 1 is 1.50 bits per heavy atom. The van der Waals surface area contributed by atoms with Crippen LogP contribution in [0.2, 0.25) is 0 Å². The second-order valence-corrected chi connectivity index (χ2v) is 4.06. The van der Waals surface area contributed by atoms with Crippen LogP contribution in [-0.4, -0.2) is 34.4 Å². The maximum absolute atomic E-state index is 11.6. The summed E-state index contributed by atoms with van der Waals surface area (Å²) in [6.07, 6.45) is 2.45. The number of aliphatic hydroxyl groups excluding tert-OH is 2. The molecule has 0 amide bonds. The first kappa shape index (κ1) is 12.9. The number of carbonyl (C=O) groups excluding carboxylic acids is 1. The maximum Gasteiger partial charge on any atom is 0.168 e. The van der Waals surface area contributed by atoms with Crippen molar-refractivity contribution in [1.82, 2.24) is 0 Å². The first-order chi connectivity index (χ1) is 7.60. The number of ketones is 1. The molecule has 0 radical (unpaired) electrons. The van der Waals surface area contributed by atoms with Gasteiger partial charge in [-0.1, -0.05) is 6.92 Å². The third kappa shape index (κ3) is 2.92. The number of allylic oxidation sites excluding steroid dienone is 2. The Hall–Kier alpha value is -1.16. The van der Waals surface area contributed by atoms with Crippen molar-refractivity contribution in [2.75, 3.05) is 6.61 Å². The zero-order valence-electron chi connectivity index (χ0n) is 9.86. The van der Waals surface area contributed by atoms with Crippen LogP contribution in [0.25, 0.3) is 0 Å². The summed E-state index contributed by atoms with van der Waals surface area (Å²) in [5.41, 5.74) is 0.904. The minimum Gasteiger partial charge on any atom is -0.511 e. The van der Waals surface area contributed by atoms with E-state index < -0.39 is 0 Å². The number of rotatable bonds is 4. The number of aliphatic imine (C=N–C) groups is 1. The second-order valence-electron chi connectivity index (χ2n) is 4.06. The number of Topliss-reactive ketones (excluding diaryl/α,β-unsaturated/α-hetero) is 1. The van der Waals surface area contributed by atoms with Crippen molar-refractivity contribution in [1.29, 1.82) is 0 Å². The highest BCUT2D eigenvalue weighted by atomic mass is 16.3. The highest BCUT2D eigenvalue weighted by Crippen LogP contribution is 2.21. The van der Waals surface area contributed by atoms with E-state index in [1.165, 1.54) is 0 Å². The Morgan fingerprint density at radius 3 is 2.69 bits per heavy atom. The van der Waals surface area contributed by atoms with Gasteiger partial charge in [0.25, 0.3) is 0 Å². The molecular formula is C12H19NO3. The van der Waals surface area contributed by atoms with Gasteiger partial charge >= 0.3 is 0 Å². The van der Waals surface area contributed by atoms with E-state index in [0.29, 0.717) is 30.5 Å². The first-order valence-corrected chi connectivity index (χ1v) is 5.71. The van der Waals surface area contributed by atoms with Gasteiger partial charge in [0.1, 0.15) is 5.76 Å². The summed E-state index contributed by atoms with van der Waals surface area (Å²) >= 11 is 0. The largest absolute Gasteiger partial charge is 0.511 e. The lowest BCUT2D eigenvalue weighted by Gasteiger charge is -2.16. The van der Waals surface area contributed by atoms with Crippen molar-refractivity contribution in [2.45, 2.75) is 45.6 Å². The predicted molar refractivity (Wildman–Crippen MR) is 62.8 cm³/mol. The smallest absolute Gasteiger partial charge is 0.168 e. The third-order valence-corrected chi connectivity index (χ3v) is 2.80. The number of carbonyl (C=O) groups is 1. The van der Waals surface area contributed by atoms with Crippen LogP contribution in [0.4, 0.5) is 0 Å². The lowest BCUT2D eigenvalue weighted by Crippen LogP contribution is -2.20. The van der Waals surface area contributed by atoms with Gasteiger partial charge in [-0.05, 0) is 19.8 Å². The molecule has 0 saturated heterocycles. The van der Waals surface area contributed by atoms with Gasteiger partial charge in [-0.3, -0.25) is 9.79 Å². The molecule has 1 aliphatic rings. The fourth-order valence-electron chi connectivity index (χ4n) is 1.84. The molecule has 1 unspecified atom stereocenters. The Balaban J connectivity index is 2.94. The molecule has 1 atom stereocenters. The van der Waals surface area contributed by atoms with Gasteiger partial charge in [0.05, 0.1) is 18.2 Å². The van der Waals surface area contributed by atoms with Crippen LogP contribution in [0.3, 0.4) is 0 Å². The summed E-state index contributed by atoms with van der Waals surface area (Å²) < 4.78 is 0. The van der Waals surface area contributed by atoms with Crippen LogP contribution in [0.1, 0.15) is 39.5 Å². The van der Waals surface area contributed by atoms with E-state index in [1.807, 2.05) is 6.92 Å². The molecule has 0 bridgehead atoms. The van der Waals surface area contributed by atoms with E-state index in [4.69, 9.17) is 5.11 Å². The van der Waals surface area contributed by atoms with Gasteiger partial charge in [-0.25, -0.2) is 0 Å². The number of hydrogen-bond acceptors (Lipinski definition) is 4. The van der Waals surface area contributed by atoms with Crippen molar-refractivity contribution < 1.29 is 15.0 Å². The molecule has 0 aromatic carbocycles. The van der Waals surface area contributed by atoms with Gasteiger partial charge in [0.2, 0.25) is 0 Å². The SMILES string of the molecule is CCC(CO)N=C(C)C1=C(O)CCCC1=O. The zero-order valence-corrected chi connectivity index (χ0v) is 9.86. The normalized spacial score (nSPS) is 20.2. The quantitative estimate of drug-likeness (QED) is 0.716. The maximum atomic E-state index is 11.6. The van der Waals surface area contributed by atoms with Gasteiger partial charge in [0, 0.05) is 18.6 Å². The lowest BCUT2D eigenvalue weighted by atomic mass is 9.93. The second kappa shape index (κ2) is 5.80. The van der Waals surface area contributed by atoms with Crippen molar-refractivity contribution in [3.05, 3.63) is 11.3 Å². The molecule has 1 aliphatic carbocycles. The molecule has 0 saturated carbocycles. The van der Waals surface area contributed by atoms with E-state index in [2.05, 4.69) is 4.99 Å². The van der Waals surface area contributed by atoms with Crippen molar-refractivity contribution in [3.63, 3.8) is 0 Å². The molecule has 4 nitrogen and oxygen atoms in total. The Kier molecular flexibility index (Phi) is 4.68. The van der Waals surface area contributed by atoms with Gasteiger partial charge in [-0.15, -0.1) is 0 Å². The third-order valence-electron chi connectivity index (χ3n) is 2.80. The molecule has 1 rings (SSSR count). The average Bonchev–Trinajstić information content (AvgIpc) is 2.25. The highest BCUT2D eigenvalue weighted by molar-refractivity contribution is 6.22. The van der Waals surface area contributed by atoms with Crippen molar-refractivity contribution in [2.24, 2.45) is 4.99 Å². The standard InChI is InChI=1S/C12H19NO3/c1-3-9(7-14)13-8(2)12-10(15)5-4-6-11(12)16/h9,14-15H,3-7H2,1-2H3. The van der Waals surface area contributed by atoms with Gasteiger partial charge in [-0.2, -0.15) is 0 Å². The molecule has 0 aromatic rings. The summed E-state index contributed by atoms with van der Waals surface area (Å²) in [6, 6.07) is -0.185. The number of nitrogens with zero attached hydrogens (tertiary/aromatic N) is 1. The average molecular weight is 225 g/mol. The molecule has 16 heavy (non-hydrogen) atoms. The minimum atomic E-state index is -0.185. The Labute approximate surface area is 95.7 Å². The molecule has 2 N–H and O–H groups in total. The Morgan fingerprint density at radius 2 is 2.19 bits per heavy atom. The van der Waals surface area contributed by atoms with Crippen LogP contribution < -0.4 is 0 Å². The monoisotopic (exact) mass is 225 g/mol. The topological polar surface area (TPSA) is 69.9 Å². The summed E-state index contributed by atoms with van der Waals surface area (Å²) in [4.78, 5) is 15.9. The molecular weight excluding hydrogens is 206 g/mol. The summed E-state index contributed by atoms with van der Waals surface area (Å²) in [5.74, 6) is 0.100. The van der Waals surface area contributed by atoms with Crippen LogP contribution >= 0.6 is 0 Å². The highest BCUT2D eigenvalue weighted by Gasteiger charge is 2.22. The van der Waals surface area contributed by atoms with E-state index >= 15 is 0 Å². The molecule has 90 valence electrons. The van der Waals surface area contributed by atoms with Crippen LogP contribution in [-0.2, 0) is 4.79 Å². The van der Waals surface area contributed by atoms with Crippen LogP contribution in [0, 0.1) is 0 Å². The van der Waals surface area contributed by atoms with Crippen molar-refractivity contribution >= 4 is 11.5 Å². The summed E-state index contributed by atoms with van der Waals surface area (Å²) in [7, 11) is 0.